The van der Waals surface area contributed by atoms with E-state index in [0.717, 1.165) is 11.1 Å². The first-order chi connectivity index (χ1) is 15.4. The minimum absolute atomic E-state index is 0.193. The molecule has 5 nitrogen and oxygen atoms in total. The van der Waals surface area contributed by atoms with Gasteiger partial charge in [-0.25, -0.2) is 5.43 Å². The first-order valence-corrected chi connectivity index (χ1v) is 11.6. The molecule has 2 amide bonds. The molecule has 3 aromatic carbocycles. The summed E-state index contributed by atoms with van der Waals surface area (Å²) in [6.07, 6.45) is 0. The van der Waals surface area contributed by atoms with Gasteiger partial charge >= 0.3 is 0 Å². The van der Waals surface area contributed by atoms with E-state index in [-0.39, 0.29) is 17.6 Å². The van der Waals surface area contributed by atoms with E-state index >= 15 is 0 Å². The molecular weight excluding hydrogens is 465 g/mol. The van der Waals surface area contributed by atoms with Crippen molar-refractivity contribution in [2.75, 3.05) is 11.1 Å². The Morgan fingerprint density at radius 1 is 0.906 bits per heavy atom. The molecule has 0 aromatic heterocycles. The first-order valence-electron chi connectivity index (χ1n) is 9.73. The van der Waals surface area contributed by atoms with Gasteiger partial charge in [0.05, 0.1) is 11.5 Å². The number of anilines is 1. The standard InChI is InChI=1S/C24H21Cl2N3O2S/c1-16(28-29-23(30)15-32-14-17-5-2-8-20(25)11-17)18-6-4-10-22(13-18)27-24(31)19-7-3-9-21(26)12-19/h2-13H,14-15H2,1H3,(H,27,31)(H,29,30)/b28-16+. The quantitative estimate of drug-likeness (QED) is 0.302. The van der Waals surface area contributed by atoms with Crippen molar-refractivity contribution in [3.63, 3.8) is 0 Å². The summed E-state index contributed by atoms with van der Waals surface area (Å²) in [6.45, 7) is 1.79. The molecule has 0 fully saturated rings. The lowest BCUT2D eigenvalue weighted by Gasteiger charge is -2.08. The lowest BCUT2D eigenvalue weighted by molar-refractivity contribution is -0.118. The topological polar surface area (TPSA) is 70.6 Å². The molecule has 0 radical (unpaired) electrons. The van der Waals surface area contributed by atoms with Crippen LogP contribution >= 0.6 is 35.0 Å². The van der Waals surface area contributed by atoms with Crippen LogP contribution in [0.25, 0.3) is 0 Å². The van der Waals surface area contributed by atoms with Crippen molar-refractivity contribution in [1.82, 2.24) is 5.43 Å². The van der Waals surface area contributed by atoms with Crippen LogP contribution in [0, 0.1) is 0 Å². The molecule has 0 spiro atoms. The maximum absolute atomic E-state index is 12.4. The van der Waals surface area contributed by atoms with Crippen LogP contribution in [0.2, 0.25) is 10.0 Å². The van der Waals surface area contributed by atoms with Gasteiger partial charge in [-0.3, -0.25) is 9.59 Å². The van der Waals surface area contributed by atoms with E-state index in [2.05, 4.69) is 15.8 Å². The number of thioether (sulfide) groups is 1. The molecular formula is C24H21Cl2N3O2S. The number of hydrazone groups is 1. The van der Waals surface area contributed by atoms with Crippen molar-refractivity contribution < 1.29 is 9.59 Å². The Bertz CT molecular complexity index is 1150. The monoisotopic (exact) mass is 485 g/mol. The van der Waals surface area contributed by atoms with Gasteiger partial charge in [0.15, 0.2) is 0 Å². The van der Waals surface area contributed by atoms with Crippen LogP contribution in [-0.4, -0.2) is 23.3 Å². The predicted octanol–water partition coefficient (Wildman–Crippen LogP) is 6.02. The number of nitrogens with zero attached hydrogens (tertiary/aromatic N) is 1. The van der Waals surface area contributed by atoms with Crippen molar-refractivity contribution >= 4 is 58.2 Å². The molecule has 3 aromatic rings. The van der Waals surface area contributed by atoms with Crippen LogP contribution in [0.4, 0.5) is 5.69 Å². The number of halogens is 2. The van der Waals surface area contributed by atoms with Gasteiger partial charge in [-0.1, -0.05) is 53.5 Å². The molecule has 0 aliphatic carbocycles. The first kappa shape index (κ1) is 23.9. The molecule has 0 saturated carbocycles. The van der Waals surface area contributed by atoms with Crippen molar-refractivity contribution in [2.24, 2.45) is 5.10 Å². The van der Waals surface area contributed by atoms with Gasteiger partial charge in [-0.15, -0.1) is 11.8 Å². The number of carbonyl (C=O) groups is 2. The summed E-state index contributed by atoms with van der Waals surface area (Å²) in [6, 6.07) is 21.5. The fraction of sp³-hybridized carbons (Fsp3) is 0.125. The molecule has 0 bridgehead atoms. The predicted molar refractivity (Wildman–Crippen MR) is 134 cm³/mol. The van der Waals surface area contributed by atoms with Crippen LogP contribution in [0.5, 0.6) is 0 Å². The number of amides is 2. The molecule has 164 valence electrons. The minimum Gasteiger partial charge on any atom is -0.322 e. The number of hydrogen-bond acceptors (Lipinski definition) is 4. The zero-order valence-corrected chi connectivity index (χ0v) is 19.6. The average Bonchev–Trinajstić information content (AvgIpc) is 2.77. The summed E-state index contributed by atoms with van der Waals surface area (Å²) in [4.78, 5) is 24.5. The number of nitrogens with one attached hydrogen (secondary N) is 2. The summed E-state index contributed by atoms with van der Waals surface area (Å²) >= 11 is 13.4. The number of rotatable bonds is 8. The second kappa shape index (κ2) is 11.7. The highest BCUT2D eigenvalue weighted by Gasteiger charge is 2.08. The third-order valence-electron chi connectivity index (χ3n) is 4.36. The molecule has 0 aliphatic heterocycles. The van der Waals surface area contributed by atoms with Gasteiger partial charge in [0, 0.05) is 27.0 Å². The van der Waals surface area contributed by atoms with Crippen molar-refractivity contribution in [3.8, 4) is 0 Å². The van der Waals surface area contributed by atoms with Crippen LogP contribution in [0.1, 0.15) is 28.4 Å². The van der Waals surface area contributed by atoms with Gasteiger partial charge < -0.3 is 5.32 Å². The largest absolute Gasteiger partial charge is 0.322 e. The van der Waals surface area contributed by atoms with Gasteiger partial charge in [0.1, 0.15) is 0 Å². The lowest BCUT2D eigenvalue weighted by Crippen LogP contribution is -2.21. The molecule has 3 rings (SSSR count). The summed E-state index contributed by atoms with van der Waals surface area (Å²) in [5, 5.41) is 8.19. The Morgan fingerprint density at radius 3 is 2.34 bits per heavy atom. The van der Waals surface area contributed by atoms with Gasteiger partial charge in [0.2, 0.25) is 5.91 Å². The number of hydrogen-bond donors (Lipinski definition) is 2. The highest BCUT2D eigenvalue weighted by molar-refractivity contribution is 7.99. The normalized spacial score (nSPS) is 11.2. The molecule has 8 heteroatoms. The Labute approximate surface area is 201 Å². The summed E-state index contributed by atoms with van der Waals surface area (Å²) in [7, 11) is 0. The maximum Gasteiger partial charge on any atom is 0.255 e. The molecule has 0 heterocycles. The highest BCUT2D eigenvalue weighted by Crippen LogP contribution is 2.17. The molecule has 0 unspecified atom stereocenters. The van der Waals surface area contributed by atoms with Crippen LogP contribution in [0.15, 0.2) is 77.9 Å². The Hall–Kier alpha value is -2.80. The third kappa shape index (κ3) is 7.41. The molecule has 0 saturated heterocycles. The molecule has 0 atom stereocenters. The van der Waals surface area contributed by atoms with Gasteiger partial charge in [0.25, 0.3) is 5.91 Å². The lowest BCUT2D eigenvalue weighted by atomic mass is 10.1. The van der Waals surface area contributed by atoms with E-state index in [1.807, 2.05) is 36.4 Å². The smallest absolute Gasteiger partial charge is 0.255 e. The Kier molecular flexibility index (Phi) is 8.73. The van der Waals surface area contributed by atoms with E-state index in [1.165, 1.54) is 11.8 Å². The van der Waals surface area contributed by atoms with Gasteiger partial charge in [-0.05, 0) is 60.5 Å². The zero-order valence-electron chi connectivity index (χ0n) is 17.3. The van der Waals surface area contributed by atoms with Crippen molar-refractivity contribution in [3.05, 3.63) is 99.5 Å². The van der Waals surface area contributed by atoms with Crippen LogP contribution in [-0.2, 0) is 10.5 Å². The van der Waals surface area contributed by atoms with E-state index in [0.29, 0.717) is 32.8 Å². The fourth-order valence-electron chi connectivity index (χ4n) is 2.79. The van der Waals surface area contributed by atoms with Gasteiger partial charge in [-0.2, -0.15) is 5.10 Å². The molecule has 0 aliphatic rings. The van der Waals surface area contributed by atoms with Crippen LogP contribution in [0.3, 0.4) is 0 Å². The van der Waals surface area contributed by atoms with Crippen LogP contribution < -0.4 is 10.7 Å². The average molecular weight is 486 g/mol. The van der Waals surface area contributed by atoms with E-state index in [4.69, 9.17) is 23.2 Å². The van der Waals surface area contributed by atoms with Crippen molar-refractivity contribution in [2.45, 2.75) is 12.7 Å². The number of benzene rings is 3. The highest BCUT2D eigenvalue weighted by atomic mass is 35.5. The Morgan fingerprint density at radius 2 is 1.59 bits per heavy atom. The summed E-state index contributed by atoms with van der Waals surface area (Å²) in [5.41, 5.74) is 6.12. The van der Waals surface area contributed by atoms with E-state index in [9.17, 15) is 9.59 Å². The summed E-state index contributed by atoms with van der Waals surface area (Å²) < 4.78 is 0. The molecule has 2 N–H and O–H groups in total. The maximum atomic E-state index is 12.4. The zero-order chi connectivity index (χ0) is 22.9. The van der Waals surface area contributed by atoms with Crippen molar-refractivity contribution in [1.29, 1.82) is 0 Å². The molecule has 32 heavy (non-hydrogen) atoms. The SMILES string of the molecule is C/C(=N\NC(=O)CSCc1cccc(Cl)c1)c1cccc(NC(=O)c2cccc(Cl)c2)c1. The summed E-state index contributed by atoms with van der Waals surface area (Å²) in [5.74, 6) is 0.510. The fourth-order valence-corrected chi connectivity index (χ4v) is 3.96. The second-order valence-corrected chi connectivity index (χ2v) is 8.76. The second-order valence-electron chi connectivity index (χ2n) is 6.90. The van der Waals surface area contributed by atoms with E-state index < -0.39 is 0 Å². The minimum atomic E-state index is -0.260. The third-order valence-corrected chi connectivity index (χ3v) is 5.84. The number of carbonyl (C=O) groups excluding carboxylic acids is 2. The van der Waals surface area contributed by atoms with E-state index in [1.54, 1.807) is 43.3 Å². The Balaban J connectivity index is 1.53.